The fourth-order valence-electron chi connectivity index (χ4n) is 5.39. The third-order valence-electron chi connectivity index (χ3n) is 7.26. The van der Waals surface area contributed by atoms with Crippen LogP contribution >= 0.6 is 0 Å². The molecule has 6 rings (SSSR count). The zero-order valence-corrected chi connectivity index (χ0v) is 20.0. The summed E-state index contributed by atoms with van der Waals surface area (Å²) in [5, 5.41) is 0. The van der Waals surface area contributed by atoms with Gasteiger partial charge in [0.15, 0.2) is 0 Å². The molecule has 0 spiro atoms. The Bertz CT molecular complexity index is 1350. The van der Waals surface area contributed by atoms with Crippen LogP contribution in [0.25, 0.3) is 0 Å². The molecule has 3 heterocycles. The summed E-state index contributed by atoms with van der Waals surface area (Å²) in [6.45, 7) is 2.44. The summed E-state index contributed by atoms with van der Waals surface area (Å²) < 4.78 is 5.24. The number of hydrogen-bond donors (Lipinski definition) is 0. The van der Waals surface area contributed by atoms with Crippen molar-refractivity contribution < 1.29 is 19.1 Å². The summed E-state index contributed by atoms with van der Waals surface area (Å²) in [4.78, 5) is 47.6. The smallest absolute Gasteiger partial charge is 0.260 e. The van der Waals surface area contributed by atoms with Gasteiger partial charge in [-0.2, -0.15) is 0 Å². The predicted molar refractivity (Wildman–Crippen MR) is 135 cm³/mol. The molecule has 8 heteroatoms. The Kier molecular flexibility index (Phi) is 5.36. The molecule has 0 aromatic heterocycles. The van der Waals surface area contributed by atoms with Crippen LogP contribution in [0, 0.1) is 0 Å². The van der Waals surface area contributed by atoms with Crippen LogP contribution in [0.5, 0.6) is 5.75 Å². The molecule has 3 amide bonds. The van der Waals surface area contributed by atoms with Crippen molar-refractivity contribution in [3.05, 3.63) is 89.5 Å². The minimum atomic E-state index is -0.624. The first-order chi connectivity index (χ1) is 17.6. The zero-order valence-electron chi connectivity index (χ0n) is 20.0. The molecule has 1 saturated heterocycles. The predicted octanol–water partition coefficient (Wildman–Crippen LogP) is 3.16. The molecular formula is C28H26N4O4. The maximum Gasteiger partial charge on any atom is 0.260 e. The number of anilines is 2. The van der Waals surface area contributed by atoms with E-state index in [0.717, 1.165) is 17.0 Å². The van der Waals surface area contributed by atoms with Gasteiger partial charge in [-0.25, -0.2) is 0 Å². The van der Waals surface area contributed by atoms with Crippen molar-refractivity contribution in [1.82, 2.24) is 9.80 Å². The van der Waals surface area contributed by atoms with Crippen molar-refractivity contribution in [1.29, 1.82) is 0 Å². The van der Waals surface area contributed by atoms with Crippen molar-refractivity contribution >= 4 is 29.1 Å². The second-order valence-corrected chi connectivity index (χ2v) is 9.15. The van der Waals surface area contributed by atoms with E-state index in [1.165, 1.54) is 0 Å². The van der Waals surface area contributed by atoms with E-state index in [-0.39, 0.29) is 24.3 Å². The number of fused-ring (bicyclic) bond motifs is 5. The Morgan fingerprint density at radius 2 is 1.50 bits per heavy atom. The maximum atomic E-state index is 13.6. The molecule has 0 bridgehead atoms. The number of rotatable bonds is 4. The molecule has 3 aliphatic rings. The SMILES string of the molecule is COc1ccc(N2CCN(C(=O)CN3C(=O)c4ccccc4N4C(=O)c5ccccc5C34)CC2)cc1. The van der Waals surface area contributed by atoms with Crippen molar-refractivity contribution in [2.24, 2.45) is 0 Å². The van der Waals surface area contributed by atoms with Crippen LogP contribution in [0.4, 0.5) is 11.4 Å². The van der Waals surface area contributed by atoms with E-state index >= 15 is 0 Å². The standard InChI is InChI=1S/C28H26N4O4/c1-36-20-12-10-19(11-13-20)29-14-16-30(17-15-29)25(33)18-31-26-21-6-2-3-7-22(21)28(35)32(26)24-9-5-4-8-23(24)27(31)34/h2-13,26H,14-18H2,1H3. The maximum absolute atomic E-state index is 13.6. The van der Waals surface area contributed by atoms with Gasteiger partial charge in [-0.3, -0.25) is 19.3 Å². The van der Waals surface area contributed by atoms with Crippen molar-refractivity contribution in [3.8, 4) is 5.75 Å². The molecule has 3 aliphatic heterocycles. The average molecular weight is 483 g/mol. The van der Waals surface area contributed by atoms with Gasteiger partial charge in [-0.05, 0) is 42.5 Å². The molecule has 3 aromatic rings. The van der Waals surface area contributed by atoms with Crippen LogP contribution in [-0.4, -0.2) is 67.4 Å². The van der Waals surface area contributed by atoms with Gasteiger partial charge >= 0.3 is 0 Å². The number of para-hydroxylation sites is 1. The van der Waals surface area contributed by atoms with Gasteiger partial charge in [0.1, 0.15) is 18.5 Å². The van der Waals surface area contributed by atoms with Crippen LogP contribution in [0.3, 0.4) is 0 Å². The highest BCUT2D eigenvalue weighted by Crippen LogP contribution is 2.45. The molecule has 0 saturated carbocycles. The number of benzene rings is 3. The van der Waals surface area contributed by atoms with E-state index in [1.54, 1.807) is 46.1 Å². The number of carbonyl (C=O) groups excluding carboxylic acids is 3. The van der Waals surface area contributed by atoms with Gasteiger partial charge in [0.05, 0.1) is 18.4 Å². The first-order valence-electron chi connectivity index (χ1n) is 12.1. The highest BCUT2D eigenvalue weighted by Gasteiger charge is 2.48. The third kappa shape index (κ3) is 3.48. The number of ether oxygens (including phenoxy) is 1. The van der Waals surface area contributed by atoms with Crippen LogP contribution < -0.4 is 14.5 Å². The van der Waals surface area contributed by atoms with Crippen molar-refractivity contribution in [2.45, 2.75) is 6.17 Å². The lowest BCUT2D eigenvalue weighted by Crippen LogP contribution is -2.55. The fourth-order valence-corrected chi connectivity index (χ4v) is 5.39. The topological polar surface area (TPSA) is 73.4 Å². The fraction of sp³-hybridized carbons (Fsp3) is 0.250. The van der Waals surface area contributed by atoms with Gasteiger partial charge in [-0.1, -0.05) is 30.3 Å². The molecule has 1 fully saturated rings. The molecule has 36 heavy (non-hydrogen) atoms. The number of carbonyl (C=O) groups is 3. The number of amides is 3. The monoisotopic (exact) mass is 482 g/mol. The van der Waals surface area contributed by atoms with Crippen molar-refractivity contribution in [2.75, 3.05) is 49.6 Å². The zero-order chi connectivity index (χ0) is 24.8. The van der Waals surface area contributed by atoms with Gasteiger partial charge < -0.3 is 19.4 Å². The highest BCUT2D eigenvalue weighted by atomic mass is 16.5. The van der Waals surface area contributed by atoms with E-state index < -0.39 is 6.17 Å². The van der Waals surface area contributed by atoms with Crippen LogP contribution in [0.1, 0.15) is 32.4 Å². The number of piperazine rings is 1. The lowest BCUT2D eigenvalue weighted by molar-refractivity contribution is -0.132. The van der Waals surface area contributed by atoms with E-state index in [4.69, 9.17) is 4.74 Å². The summed E-state index contributed by atoms with van der Waals surface area (Å²) in [6.07, 6.45) is -0.624. The Labute approximate surface area is 209 Å². The van der Waals surface area contributed by atoms with Gasteiger partial charge in [0.25, 0.3) is 11.8 Å². The molecule has 3 aromatic carbocycles. The van der Waals surface area contributed by atoms with Crippen molar-refractivity contribution in [3.63, 3.8) is 0 Å². The van der Waals surface area contributed by atoms with Gasteiger partial charge in [0.2, 0.25) is 5.91 Å². The summed E-state index contributed by atoms with van der Waals surface area (Å²) >= 11 is 0. The Balaban J connectivity index is 1.22. The minimum Gasteiger partial charge on any atom is -0.497 e. The van der Waals surface area contributed by atoms with E-state index in [1.807, 2.05) is 48.5 Å². The molecule has 8 nitrogen and oxygen atoms in total. The summed E-state index contributed by atoms with van der Waals surface area (Å²) in [6, 6.07) is 22.3. The molecule has 0 aliphatic carbocycles. The largest absolute Gasteiger partial charge is 0.497 e. The van der Waals surface area contributed by atoms with Crippen LogP contribution in [0.2, 0.25) is 0 Å². The average Bonchev–Trinajstić information content (AvgIpc) is 3.23. The molecule has 1 unspecified atom stereocenters. The van der Waals surface area contributed by atoms with Crippen LogP contribution in [0.15, 0.2) is 72.8 Å². The van der Waals surface area contributed by atoms with E-state index in [2.05, 4.69) is 4.90 Å². The lowest BCUT2D eigenvalue weighted by atomic mass is 10.0. The first-order valence-corrected chi connectivity index (χ1v) is 12.1. The molecule has 0 N–H and O–H groups in total. The number of methoxy groups -OCH3 is 1. The minimum absolute atomic E-state index is 0.0848. The molecule has 1 atom stereocenters. The number of nitrogens with zero attached hydrogens (tertiary/aromatic N) is 4. The summed E-state index contributed by atoms with van der Waals surface area (Å²) in [7, 11) is 1.64. The highest BCUT2D eigenvalue weighted by molar-refractivity contribution is 6.17. The summed E-state index contributed by atoms with van der Waals surface area (Å²) in [5.41, 5.74) is 3.43. The van der Waals surface area contributed by atoms with E-state index in [0.29, 0.717) is 43.0 Å². The Hall–Kier alpha value is -4.33. The lowest BCUT2D eigenvalue weighted by Gasteiger charge is -2.42. The quantitative estimate of drug-likeness (QED) is 0.571. The molecule has 182 valence electrons. The van der Waals surface area contributed by atoms with Crippen LogP contribution in [-0.2, 0) is 4.79 Å². The summed E-state index contributed by atoms with van der Waals surface area (Å²) in [5.74, 6) is 0.304. The van der Waals surface area contributed by atoms with E-state index in [9.17, 15) is 14.4 Å². The molecular weight excluding hydrogens is 456 g/mol. The van der Waals surface area contributed by atoms with Gasteiger partial charge in [-0.15, -0.1) is 0 Å². The Morgan fingerprint density at radius 1 is 0.833 bits per heavy atom. The second kappa shape index (κ2) is 8.71. The second-order valence-electron chi connectivity index (χ2n) is 9.15. The first kappa shape index (κ1) is 22.2. The molecule has 0 radical (unpaired) electrons. The third-order valence-corrected chi connectivity index (χ3v) is 7.26. The van der Waals surface area contributed by atoms with Gasteiger partial charge in [0, 0.05) is 43.0 Å². The Morgan fingerprint density at radius 3 is 2.22 bits per heavy atom. The number of hydrogen-bond acceptors (Lipinski definition) is 5. The normalized spacial score (nSPS) is 18.6.